The second-order valence-electron chi connectivity index (χ2n) is 6.05. The molecule has 1 saturated heterocycles. The smallest absolute Gasteiger partial charge is 0.341 e. The van der Waals surface area contributed by atoms with E-state index in [1.807, 2.05) is 0 Å². The first-order valence-corrected chi connectivity index (χ1v) is 8.60. The minimum absolute atomic E-state index is 0.0109. The van der Waals surface area contributed by atoms with Gasteiger partial charge in [0, 0.05) is 26.6 Å². The molecule has 1 aliphatic rings. The molecule has 7 nitrogen and oxygen atoms in total. The van der Waals surface area contributed by atoms with Crippen molar-refractivity contribution in [2.45, 2.75) is 26.3 Å². The zero-order valence-electron chi connectivity index (χ0n) is 13.2. The predicted octanol–water partition coefficient (Wildman–Crippen LogP) is 1.73. The molecule has 0 radical (unpaired) electrons. The van der Waals surface area contributed by atoms with E-state index in [0.29, 0.717) is 23.3 Å². The van der Waals surface area contributed by atoms with Gasteiger partial charge in [-0.3, -0.25) is 9.59 Å². The number of aromatic nitrogens is 1. The van der Waals surface area contributed by atoms with Gasteiger partial charge in [0.2, 0.25) is 5.91 Å². The lowest BCUT2D eigenvalue weighted by Crippen LogP contribution is -2.41. The van der Waals surface area contributed by atoms with E-state index in [1.54, 1.807) is 16.3 Å². The lowest BCUT2D eigenvalue weighted by Gasteiger charge is -2.32. The maximum absolute atomic E-state index is 12.5. The maximum Gasteiger partial charge on any atom is 0.341 e. The van der Waals surface area contributed by atoms with Gasteiger partial charge in [-0.25, -0.2) is 4.79 Å². The molecule has 128 valence electrons. The first-order chi connectivity index (χ1) is 11.4. The van der Waals surface area contributed by atoms with Gasteiger partial charge < -0.3 is 19.7 Å². The van der Waals surface area contributed by atoms with Crippen LogP contribution in [0.2, 0.25) is 0 Å². The molecule has 0 aliphatic carbocycles. The van der Waals surface area contributed by atoms with Gasteiger partial charge in [0.1, 0.15) is 5.56 Å². The minimum atomic E-state index is -1.32. The topological polar surface area (TPSA) is 99.8 Å². The molecule has 1 atom stereocenters. The molecule has 2 aromatic heterocycles. The largest absolute Gasteiger partial charge is 0.502 e. The molecule has 1 amide bonds. The number of piperidine rings is 1. The summed E-state index contributed by atoms with van der Waals surface area (Å²) in [7, 11) is 0. The molecule has 3 rings (SSSR count). The van der Waals surface area contributed by atoms with E-state index in [-0.39, 0.29) is 17.4 Å². The number of carbonyl (C=O) groups excluding carboxylic acids is 1. The minimum Gasteiger partial charge on any atom is -0.502 e. The normalized spacial score (nSPS) is 18.0. The fourth-order valence-corrected chi connectivity index (χ4v) is 4.23. The predicted molar refractivity (Wildman–Crippen MR) is 89.7 cm³/mol. The number of aromatic carboxylic acids is 1. The van der Waals surface area contributed by atoms with E-state index < -0.39 is 17.3 Å². The van der Waals surface area contributed by atoms with Crippen LogP contribution in [0.15, 0.2) is 16.2 Å². The van der Waals surface area contributed by atoms with Crippen molar-refractivity contribution < 1.29 is 19.8 Å². The monoisotopic (exact) mass is 350 g/mol. The molecule has 0 bridgehead atoms. The Hall–Kier alpha value is -2.35. The van der Waals surface area contributed by atoms with E-state index in [1.165, 1.54) is 22.8 Å². The SMILES string of the molecule is CC(=O)N1CCCC(Cn2c(=O)c(O)c(C(=O)O)c3sccc32)C1. The summed E-state index contributed by atoms with van der Waals surface area (Å²) in [6.07, 6.45) is 1.74. The Morgan fingerprint density at radius 3 is 2.83 bits per heavy atom. The Bertz CT molecular complexity index is 869. The Labute approximate surface area is 141 Å². The molecule has 3 heterocycles. The van der Waals surface area contributed by atoms with Crippen molar-refractivity contribution in [1.82, 2.24) is 9.47 Å². The summed E-state index contributed by atoms with van der Waals surface area (Å²) in [5.41, 5.74) is -0.520. The summed E-state index contributed by atoms with van der Waals surface area (Å²) in [6, 6.07) is 1.69. The first kappa shape index (κ1) is 16.5. The third-order valence-electron chi connectivity index (χ3n) is 4.47. The fourth-order valence-electron chi connectivity index (χ4n) is 3.29. The number of carboxylic acids is 1. The summed E-state index contributed by atoms with van der Waals surface area (Å²) in [6.45, 7) is 3.16. The number of pyridine rings is 1. The fraction of sp³-hybridized carbons (Fsp3) is 0.438. The lowest BCUT2D eigenvalue weighted by molar-refractivity contribution is -0.130. The number of fused-ring (bicyclic) bond motifs is 1. The molecule has 2 aromatic rings. The van der Waals surface area contributed by atoms with Crippen LogP contribution >= 0.6 is 11.3 Å². The van der Waals surface area contributed by atoms with Crippen LogP contribution in [-0.2, 0) is 11.3 Å². The van der Waals surface area contributed by atoms with Crippen LogP contribution in [0.3, 0.4) is 0 Å². The Kier molecular flexibility index (Phi) is 4.31. The molecular formula is C16H18N2O5S. The second-order valence-corrected chi connectivity index (χ2v) is 6.97. The highest BCUT2D eigenvalue weighted by Gasteiger charge is 2.26. The number of carbonyl (C=O) groups is 2. The molecule has 1 unspecified atom stereocenters. The van der Waals surface area contributed by atoms with Crippen LogP contribution in [0, 0.1) is 5.92 Å². The zero-order valence-corrected chi connectivity index (χ0v) is 14.0. The van der Waals surface area contributed by atoms with Crippen molar-refractivity contribution in [2.24, 2.45) is 5.92 Å². The average Bonchev–Trinajstić information content (AvgIpc) is 3.00. The highest BCUT2D eigenvalue weighted by atomic mass is 32.1. The summed E-state index contributed by atoms with van der Waals surface area (Å²) >= 11 is 1.18. The number of likely N-dealkylation sites (tertiary alicyclic amines) is 1. The van der Waals surface area contributed by atoms with E-state index in [0.717, 1.165) is 19.4 Å². The van der Waals surface area contributed by atoms with Crippen LogP contribution in [0.1, 0.15) is 30.1 Å². The van der Waals surface area contributed by atoms with Crippen LogP contribution < -0.4 is 5.56 Å². The van der Waals surface area contributed by atoms with Crippen molar-refractivity contribution in [3.8, 4) is 5.75 Å². The molecule has 1 aliphatic heterocycles. The Morgan fingerprint density at radius 2 is 2.17 bits per heavy atom. The van der Waals surface area contributed by atoms with Crippen LogP contribution in [0.5, 0.6) is 5.75 Å². The number of hydrogen-bond donors (Lipinski definition) is 2. The highest BCUT2D eigenvalue weighted by Crippen LogP contribution is 2.30. The average molecular weight is 350 g/mol. The molecular weight excluding hydrogens is 332 g/mol. The number of thiophene rings is 1. The van der Waals surface area contributed by atoms with Gasteiger partial charge >= 0.3 is 5.97 Å². The molecule has 8 heteroatoms. The molecule has 0 spiro atoms. The summed E-state index contributed by atoms with van der Waals surface area (Å²) < 4.78 is 1.82. The molecule has 24 heavy (non-hydrogen) atoms. The van der Waals surface area contributed by atoms with Gasteiger partial charge in [-0.1, -0.05) is 0 Å². The maximum atomic E-state index is 12.5. The van der Waals surface area contributed by atoms with Gasteiger partial charge in [-0.2, -0.15) is 0 Å². The van der Waals surface area contributed by atoms with Gasteiger partial charge in [-0.15, -0.1) is 11.3 Å². The first-order valence-electron chi connectivity index (χ1n) is 7.72. The third kappa shape index (κ3) is 2.77. The van der Waals surface area contributed by atoms with Crippen LogP contribution in [0.25, 0.3) is 10.2 Å². The van der Waals surface area contributed by atoms with Crippen LogP contribution in [0.4, 0.5) is 0 Å². The Morgan fingerprint density at radius 1 is 1.42 bits per heavy atom. The quantitative estimate of drug-likeness (QED) is 0.878. The lowest BCUT2D eigenvalue weighted by atomic mass is 9.97. The molecule has 0 aromatic carbocycles. The van der Waals surface area contributed by atoms with E-state index in [4.69, 9.17) is 0 Å². The van der Waals surface area contributed by atoms with Gasteiger partial charge in [0.15, 0.2) is 5.75 Å². The van der Waals surface area contributed by atoms with Crippen LogP contribution in [-0.4, -0.2) is 44.6 Å². The van der Waals surface area contributed by atoms with E-state index in [2.05, 4.69) is 0 Å². The third-order valence-corrected chi connectivity index (χ3v) is 5.39. The van der Waals surface area contributed by atoms with Gasteiger partial charge in [0.05, 0.1) is 10.2 Å². The zero-order chi connectivity index (χ0) is 17.4. The number of carboxylic acid groups (broad SMARTS) is 1. The van der Waals surface area contributed by atoms with E-state index >= 15 is 0 Å². The van der Waals surface area contributed by atoms with Gasteiger partial charge in [0.25, 0.3) is 5.56 Å². The van der Waals surface area contributed by atoms with Crippen molar-refractivity contribution >= 4 is 33.4 Å². The molecule has 0 saturated carbocycles. The number of nitrogens with zero attached hydrogens (tertiary/aromatic N) is 2. The highest BCUT2D eigenvalue weighted by molar-refractivity contribution is 7.17. The number of rotatable bonds is 3. The Balaban J connectivity index is 2.01. The number of hydrogen-bond acceptors (Lipinski definition) is 5. The van der Waals surface area contributed by atoms with Crippen molar-refractivity contribution in [3.63, 3.8) is 0 Å². The van der Waals surface area contributed by atoms with Crippen molar-refractivity contribution in [2.75, 3.05) is 13.1 Å². The van der Waals surface area contributed by atoms with E-state index in [9.17, 15) is 24.6 Å². The summed E-state index contributed by atoms with van der Waals surface area (Å²) in [5, 5.41) is 21.0. The summed E-state index contributed by atoms with van der Waals surface area (Å²) in [4.78, 5) is 37.2. The second kappa shape index (κ2) is 6.27. The summed E-state index contributed by atoms with van der Waals surface area (Å²) in [5.74, 6) is -1.93. The standard InChI is InChI=1S/C16H18N2O5S/c1-9(19)17-5-2-3-10(7-17)8-18-11-4-6-24-14(11)12(16(22)23)13(20)15(18)21/h4,6,10,20H,2-3,5,7-8H2,1H3,(H,22,23). The molecule has 2 N–H and O–H groups in total. The molecule has 1 fully saturated rings. The van der Waals surface area contributed by atoms with Crippen molar-refractivity contribution in [1.29, 1.82) is 0 Å². The number of aromatic hydroxyl groups is 1. The van der Waals surface area contributed by atoms with Crippen molar-refractivity contribution in [3.05, 3.63) is 27.4 Å². The number of amides is 1. The van der Waals surface area contributed by atoms with Gasteiger partial charge in [-0.05, 0) is 30.2 Å².